The molecule has 6 aromatic rings. The number of primary amides is 1. The monoisotopic (exact) mass is 1900 g/mol. The second-order valence-corrected chi connectivity index (χ2v) is 34.9. The van der Waals surface area contributed by atoms with Gasteiger partial charge in [-0.25, -0.2) is 13.2 Å². The first-order valence-corrected chi connectivity index (χ1v) is 45.3. The maximum atomic E-state index is 15.7. The zero-order valence-electron chi connectivity index (χ0n) is 75.4. The number of phenolic OH excluding ortho intramolecular Hbond substituents is 1. The number of aromatic hydroxyl groups is 1. The number of thioether (sulfide) groups is 1. The molecule has 5 aromatic carbocycles. The fraction of sp³-hybridized carbons (Fsp3) is 0.467. The smallest absolute Gasteiger partial charge is 0.305 e. The third kappa shape index (κ3) is 29.5. The van der Waals surface area contributed by atoms with Gasteiger partial charge in [-0.2, -0.15) is 0 Å². The van der Waals surface area contributed by atoms with Gasteiger partial charge < -0.3 is 114 Å². The third-order valence-electron chi connectivity index (χ3n) is 23.6. The molecule has 0 aliphatic carbocycles. The van der Waals surface area contributed by atoms with Crippen LogP contribution in [0.25, 0.3) is 10.9 Å². The second-order valence-electron chi connectivity index (χ2n) is 33.8. The van der Waals surface area contributed by atoms with E-state index in [1.54, 1.807) is 98.0 Å². The van der Waals surface area contributed by atoms with E-state index in [9.17, 15) is 63.2 Å². The number of fused-ring (bicyclic) bond motifs is 3. The Morgan fingerprint density at radius 1 is 0.548 bits per heavy atom. The molecule has 39 nitrogen and oxygen atoms in total. The highest BCUT2D eigenvalue weighted by Crippen LogP contribution is 2.28. The van der Waals surface area contributed by atoms with Crippen LogP contribution in [0.3, 0.4) is 0 Å². The number of nitrogens with one attached hydrogen (secondary N) is 10. The third-order valence-corrected chi connectivity index (χ3v) is 24.6. The van der Waals surface area contributed by atoms with E-state index in [1.165, 1.54) is 52.2 Å². The van der Waals surface area contributed by atoms with Gasteiger partial charge in [0, 0.05) is 102 Å². The molecule has 3 fully saturated rings. The Morgan fingerprint density at radius 3 is 1.73 bits per heavy atom. The summed E-state index contributed by atoms with van der Waals surface area (Å²) in [6.45, 7) is 2.06. The summed E-state index contributed by atoms with van der Waals surface area (Å²) in [6.07, 6.45) is -5.09. The number of carbonyl (C=O) groups is 17. The van der Waals surface area contributed by atoms with Gasteiger partial charge in [-0.05, 0) is 96.3 Å². The number of ether oxygens (including phenoxy) is 1. The number of hydrogen-bond donors (Lipinski definition) is 16. The normalized spacial score (nSPS) is 24.0. The number of unbranched alkanes of at least 4 members (excludes halogenated alkanes) is 1. The number of likely N-dealkylation sites (N-methyl/N-ethyl adjacent to an activating group) is 3. The molecule has 135 heavy (non-hydrogen) atoms. The largest absolute Gasteiger partial charge is 0.508 e. The zero-order valence-corrected chi connectivity index (χ0v) is 76.2. The van der Waals surface area contributed by atoms with Crippen LogP contribution in [-0.2, 0) is 118 Å². The molecular weight excluding hydrogens is 1780 g/mol. The standard InChI is InChI=1S/C92H116F3N17O22S/c1-7-8-25-69-91(132)112-46-57(114)42-71(112)86(127)105-66(43-77(119)120)84(125)107-79(50(2)3)92(133)109(5)70(39-51-18-11-9-12-19-51)85(126)102-63(30-31-76(117)118)89(130)111-33-34-134-47-73(111)87(128)104-65(41-55-44-98-61-23-16-15-22-58(55)61)83(124)103-64(37-53-26-28-56(113)29-27-53)82(123)101-62(24-17-32-96)81(122)106-68(80(121)99-45-74(97)115)48-135-49-75(116)100-67(38-54-35-59(93)78(95)60(94)36-54)88(129)110(6)72(90(131)108(69)4)40-52-20-13-10-14-21-52/h9-16,18-23,26-29,35-36,44,50,57,62-73,79,98,113-114H,7-8,17,24-25,30-34,37-43,45-49,96H2,1-6H3,(H2,97,115)(H,99,121)(H,100,116)(H,101,123)(H,102,126)(H,103,124)(H,104,128)(H,105,127)(H,106,122)(H,107,125)(H,117,118)(H,119,120)/t57-,62-,63-,64-,65-,66-,67-,68-,69-,70?,71+,72-,73+,79-/m0/s1. The summed E-state index contributed by atoms with van der Waals surface area (Å²) in [6, 6.07) is 6.93. The van der Waals surface area contributed by atoms with Gasteiger partial charge in [-0.3, -0.25) is 81.5 Å². The molecule has 43 heteroatoms. The highest BCUT2D eigenvalue weighted by molar-refractivity contribution is 8.00. The lowest BCUT2D eigenvalue weighted by molar-refractivity contribution is -0.152. The van der Waals surface area contributed by atoms with Gasteiger partial charge in [0.2, 0.25) is 88.6 Å². The topological polar surface area (TPSA) is 573 Å². The Balaban J connectivity index is 1.14. The predicted octanol–water partition coefficient (Wildman–Crippen LogP) is -0.374. The average Bonchev–Trinajstić information content (AvgIpc) is 1.62. The summed E-state index contributed by atoms with van der Waals surface area (Å²) < 4.78 is 50.9. The van der Waals surface area contributed by atoms with E-state index >= 15 is 51.9 Å². The molecule has 0 spiro atoms. The maximum Gasteiger partial charge on any atom is 0.305 e. The minimum absolute atomic E-state index is 0.000215. The van der Waals surface area contributed by atoms with Crippen molar-refractivity contribution in [3.8, 4) is 5.75 Å². The van der Waals surface area contributed by atoms with E-state index in [0.717, 1.165) is 31.5 Å². The van der Waals surface area contributed by atoms with Gasteiger partial charge in [-0.15, -0.1) is 11.8 Å². The van der Waals surface area contributed by atoms with Crippen molar-refractivity contribution in [2.75, 3.05) is 72.0 Å². The number of carbonyl (C=O) groups excluding carboxylic acids is 15. The molecule has 0 radical (unpaired) electrons. The van der Waals surface area contributed by atoms with Crippen molar-refractivity contribution < 1.29 is 120 Å². The van der Waals surface area contributed by atoms with E-state index in [0.29, 0.717) is 63.5 Å². The van der Waals surface area contributed by atoms with Gasteiger partial charge in [0.05, 0.1) is 38.0 Å². The number of aromatic amines is 1. The SMILES string of the molecule is CCCC[C@H]1C(=O)N2C[C@@H](O)C[C@@H]2C(=O)N[C@@H](CC(=O)O)C(=O)N[C@@H](C(C)C)C(=O)N(C)C(Cc2ccccc2)C(=O)N[C@@H](CCC(=O)O)C(=O)N2CCOC[C@@H]2C(=O)N[C@@H](Cc2c[nH]c3ccccc23)C(=O)N[C@@H](Cc2ccc(O)cc2)C(=O)N[C@@H](CCCN)C(=O)N[C@H](C(=O)NCC(N)=O)CSCC(=O)N[C@@H](Cc2cc(F)c(F)c(F)c2)C(=O)N(C)[C@@H](Cc2ccccc2)C(=O)N1C. The minimum atomic E-state index is -2.07. The van der Waals surface area contributed by atoms with Crippen molar-refractivity contribution in [1.82, 2.24) is 77.3 Å². The van der Waals surface area contributed by atoms with Crippen molar-refractivity contribution in [2.24, 2.45) is 17.4 Å². The van der Waals surface area contributed by atoms with Gasteiger partial charge >= 0.3 is 11.9 Å². The van der Waals surface area contributed by atoms with E-state index in [2.05, 4.69) is 52.8 Å². The van der Waals surface area contributed by atoms with Gasteiger partial charge in [0.25, 0.3) is 0 Å². The number of para-hydroxylation sites is 1. The van der Waals surface area contributed by atoms with Crippen molar-refractivity contribution in [2.45, 2.75) is 195 Å². The number of morpholine rings is 1. The first-order valence-electron chi connectivity index (χ1n) is 44.2. The molecule has 1 unspecified atom stereocenters. The maximum absolute atomic E-state index is 15.7. The number of nitrogens with two attached hydrogens (primary N) is 2. The predicted molar refractivity (Wildman–Crippen MR) is 483 cm³/mol. The van der Waals surface area contributed by atoms with Crippen LogP contribution in [0.4, 0.5) is 13.2 Å². The number of aromatic nitrogens is 1. The fourth-order valence-corrected chi connectivity index (χ4v) is 17.0. The number of aliphatic hydroxyl groups excluding tert-OH is 1. The number of rotatable bonds is 25. The lowest BCUT2D eigenvalue weighted by Gasteiger charge is -2.38. The molecule has 9 rings (SSSR count). The highest BCUT2D eigenvalue weighted by Gasteiger charge is 2.48. The molecule has 3 aliphatic heterocycles. The van der Waals surface area contributed by atoms with Gasteiger partial charge in [-0.1, -0.05) is 125 Å². The van der Waals surface area contributed by atoms with Crippen LogP contribution in [0.15, 0.2) is 128 Å². The number of hydrogen-bond acceptors (Lipinski definition) is 22. The van der Waals surface area contributed by atoms with E-state index in [4.69, 9.17) is 16.2 Å². The first kappa shape index (κ1) is 105. The van der Waals surface area contributed by atoms with Crippen LogP contribution in [0.1, 0.15) is 106 Å². The van der Waals surface area contributed by atoms with Gasteiger partial charge in [0.15, 0.2) is 17.5 Å². The van der Waals surface area contributed by atoms with Crippen LogP contribution in [0.2, 0.25) is 0 Å². The lowest BCUT2D eigenvalue weighted by Crippen LogP contribution is -2.64. The summed E-state index contributed by atoms with van der Waals surface area (Å²) in [5, 5.41) is 65.8. The summed E-state index contributed by atoms with van der Waals surface area (Å²) >= 11 is 0.630. The molecule has 1 aromatic heterocycles. The van der Waals surface area contributed by atoms with Crippen molar-refractivity contribution in [3.05, 3.63) is 173 Å². The number of amides is 15. The Labute approximate surface area is 780 Å². The highest BCUT2D eigenvalue weighted by atomic mass is 32.2. The van der Waals surface area contributed by atoms with Gasteiger partial charge in [0.1, 0.15) is 84.3 Å². The number of carboxylic acids is 2. The van der Waals surface area contributed by atoms with E-state index in [1.807, 2.05) is 0 Å². The Hall–Kier alpha value is -13.6. The quantitative estimate of drug-likeness (QED) is 0.0325. The zero-order chi connectivity index (χ0) is 98.6. The minimum Gasteiger partial charge on any atom is -0.508 e. The number of aliphatic hydroxyl groups is 1. The number of aliphatic carboxylic acids is 2. The number of carboxylic acid groups (broad SMARTS) is 2. The molecule has 18 N–H and O–H groups in total. The summed E-state index contributed by atoms with van der Waals surface area (Å²) in [5.41, 5.74) is 13.2. The summed E-state index contributed by atoms with van der Waals surface area (Å²) in [7, 11) is 3.56. The van der Waals surface area contributed by atoms with Crippen LogP contribution >= 0.6 is 11.8 Å². The molecule has 3 aliphatic rings. The number of nitrogens with zero attached hydrogens (tertiary/aromatic N) is 5. The average molecular weight is 1900 g/mol. The van der Waals surface area contributed by atoms with Crippen LogP contribution < -0.4 is 59.3 Å². The molecule has 14 atom stereocenters. The van der Waals surface area contributed by atoms with E-state index in [-0.39, 0.29) is 63.8 Å². The van der Waals surface area contributed by atoms with Crippen LogP contribution in [0.5, 0.6) is 5.75 Å². The summed E-state index contributed by atoms with van der Waals surface area (Å²) in [5.74, 6) is -26.9. The number of halogens is 3. The molecule has 0 bridgehead atoms. The van der Waals surface area contributed by atoms with Crippen molar-refractivity contribution in [3.63, 3.8) is 0 Å². The lowest BCUT2D eigenvalue weighted by atomic mass is 9.98. The van der Waals surface area contributed by atoms with Crippen LogP contribution in [0, 0.1) is 23.4 Å². The van der Waals surface area contributed by atoms with Crippen molar-refractivity contribution >= 4 is 123 Å². The van der Waals surface area contributed by atoms with Crippen molar-refractivity contribution in [1.29, 1.82) is 0 Å². The fourth-order valence-electron chi connectivity index (χ4n) is 16.1. The number of phenols is 1. The molecular formula is C92H116F3N17O22S. The number of H-pyrrole nitrogens is 1. The van der Waals surface area contributed by atoms with E-state index < -0.39 is 290 Å². The number of benzene rings is 5. The molecule has 3 saturated heterocycles. The molecule has 728 valence electrons. The summed E-state index contributed by atoms with van der Waals surface area (Å²) in [4.78, 5) is 258. The molecule has 15 amide bonds. The molecule has 0 saturated carbocycles. The Morgan fingerprint density at radius 2 is 1.10 bits per heavy atom. The first-order chi connectivity index (χ1) is 64.2. The Bertz CT molecular complexity index is 5240. The van der Waals surface area contributed by atoms with Crippen LogP contribution in [-0.4, -0.2) is 307 Å². The molecule has 4 heterocycles. The second kappa shape index (κ2) is 50.0. The Kier molecular flexibility index (Phi) is 38.9.